The minimum atomic E-state index is -0.531. The topological polar surface area (TPSA) is 105 Å². The van der Waals surface area contributed by atoms with Crippen molar-refractivity contribution < 1.29 is 18.7 Å². The highest BCUT2D eigenvalue weighted by Crippen LogP contribution is 2.23. The lowest BCUT2D eigenvalue weighted by Gasteiger charge is -2.11. The van der Waals surface area contributed by atoms with Crippen LogP contribution in [0.1, 0.15) is 18.5 Å². The smallest absolute Gasteiger partial charge is 0.333 e. The molecule has 0 radical (unpaired) electrons. The van der Waals surface area contributed by atoms with E-state index >= 15 is 0 Å². The molecule has 122 valence electrons. The maximum absolute atomic E-state index is 11.7. The number of carbonyl (C=O) groups is 2. The Hall–Kier alpha value is -2.39. The summed E-state index contributed by atoms with van der Waals surface area (Å²) in [4.78, 5) is 28.5. The monoisotopic (exact) mass is 336 g/mol. The van der Waals surface area contributed by atoms with Crippen molar-refractivity contribution in [2.75, 3.05) is 6.61 Å². The third kappa shape index (κ3) is 4.08. The standard InChI is InChI=1S/C14H16N4O4S/c19-12(10-3-1-5-21-10)17-18-14(20)15-7-9-8-22-13(16-9)11-4-2-6-23-11/h2,4,6,8,10H,1,3,5,7H2,(H,17,19)(H2,15,18,20)/t10-/m1/s1. The maximum atomic E-state index is 11.7. The molecule has 23 heavy (non-hydrogen) atoms. The van der Waals surface area contributed by atoms with E-state index < -0.39 is 12.1 Å². The van der Waals surface area contributed by atoms with Gasteiger partial charge in [0.2, 0.25) is 5.89 Å². The van der Waals surface area contributed by atoms with Crippen LogP contribution < -0.4 is 16.2 Å². The molecule has 9 heteroatoms. The number of rotatable bonds is 4. The second-order valence-electron chi connectivity index (χ2n) is 4.92. The zero-order chi connectivity index (χ0) is 16.1. The molecule has 2 aromatic heterocycles. The van der Waals surface area contributed by atoms with Gasteiger partial charge in [0, 0.05) is 6.61 Å². The quantitative estimate of drug-likeness (QED) is 0.732. The highest BCUT2D eigenvalue weighted by molar-refractivity contribution is 7.13. The number of hydrogen-bond acceptors (Lipinski definition) is 6. The highest BCUT2D eigenvalue weighted by atomic mass is 32.1. The molecule has 8 nitrogen and oxygen atoms in total. The predicted molar refractivity (Wildman–Crippen MR) is 82.3 cm³/mol. The minimum Gasteiger partial charge on any atom is -0.443 e. The van der Waals surface area contributed by atoms with Crippen LogP contribution in [0.2, 0.25) is 0 Å². The van der Waals surface area contributed by atoms with E-state index in [1.54, 1.807) is 0 Å². The first-order chi connectivity index (χ1) is 11.2. The Kier molecular flexibility index (Phi) is 4.89. The number of nitrogens with one attached hydrogen (secondary N) is 3. The summed E-state index contributed by atoms with van der Waals surface area (Å²) in [7, 11) is 0. The zero-order valence-corrected chi connectivity index (χ0v) is 13.0. The van der Waals surface area contributed by atoms with E-state index in [9.17, 15) is 9.59 Å². The summed E-state index contributed by atoms with van der Waals surface area (Å²) in [5.74, 6) is 0.169. The Morgan fingerprint density at radius 1 is 1.39 bits per heavy atom. The molecular weight excluding hydrogens is 320 g/mol. The van der Waals surface area contributed by atoms with Gasteiger partial charge in [0.25, 0.3) is 5.91 Å². The molecule has 3 amide bonds. The second-order valence-corrected chi connectivity index (χ2v) is 5.87. The van der Waals surface area contributed by atoms with Crippen LogP contribution in [0.3, 0.4) is 0 Å². The number of carbonyl (C=O) groups excluding carboxylic acids is 2. The number of hydrogen-bond donors (Lipinski definition) is 3. The van der Waals surface area contributed by atoms with Gasteiger partial charge in [0.1, 0.15) is 12.4 Å². The van der Waals surface area contributed by atoms with E-state index in [2.05, 4.69) is 21.2 Å². The Morgan fingerprint density at radius 3 is 3.04 bits per heavy atom. The fraction of sp³-hybridized carbons (Fsp3) is 0.357. The van der Waals surface area contributed by atoms with Gasteiger partial charge in [-0.15, -0.1) is 11.3 Å². The summed E-state index contributed by atoms with van der Waals surface area (Å²) in [6.07, 6.45) is 2.52. The van der Waals surface area contributed by atoms with Crippen LogP contribution in [0.4, 0.5) is 4.79 Å². The lowest BCUT2D eigenvalue weighted by molar-refractivity contribution is -0.130. The maximum Gasteiger partial charge on any atom is 0.333 e. The van der Waals surface area contributed by atoms with Gasteiger partial charge in [-0.05, 0) is 24.3 Å². The normalized spacial score (nSPS) is 17.0. The summed E-state index contributed by atoms with van der Waals surface area (Å²) in [5.41, 5.74) is 5.19. The van der Waals surface area contributed by atoms with Crippen molar-refractivity contribution >= 4 is 23.3 Å². The van der Waals surface area contributed by atoms with Crippen molar-refractivity contribution in [2.45, 2.75) is 25.5 Å². The van der Waals surface area contributed by atoms with Crippen LogP contribution in [0, 0.1) is 0 Å². The first-order valence-corrected chi connectivity index (χ1v) is 8.04. The van der Waals surface area contributed by atoms with Gasteiger partial charge >= 0.3 is 6.03 Å². The van der Waals surface area contributed by atoms with Gasteiger partial charge in [-0.1, -0.05) is 6.07 Å². The fourth-order valence-corrected chi connectivity index (χ4v) is 2.76. The molecule has 3 heterocycles. The number of hydrazine groups is 1. The summed E-state index contributed by atoms with van der Waals surface area (Å²) in [6, 6.07) is 3.28. The molecule has 0 bridgehead atoms. The lowest BCUT2D eigenvalue weighted by Crippen LogP contribution is -2.49. The number of aromatic nitrogens is 1. The number of ether oxygens (including phenoxy) is 1. The summed E-state index contributed by atoms with van der Waals surface area (Å²) < 4.78 is 10.6. The average Bonchev–Trinajstić information content (AvgIpc) is 3.32. The molecule has 1 saturated heterocycles. The molecule has 1 aliphatic rings. The number of urea groups is 1. The van der Waals surface area contributed by atoms with Crippen molar-refractivity contribution in [3.05, 3.63) is 29.5 Å². The van der Waals surface area contributed by atoms with Crippen molar-refractivity contribution in [1.29, 1.82) is 0 Å². The third-order valence-electron chi connectivity index (χ3n) is 3.24. The van der Waals surface area contributed by atoms with Gasteiger partial charge < -0.3 is 14.5 Å². The van der Waals surface area contributed by atoms with Crippen LogP contribution in [-0.4, -0.2) is 29.6 Å². The Bertz CT molecular complexity index is 664. The molecule has 1 aliphatic heterocycles. The number of amides is 3. The third-order valence-corrected chi connectivity index (χ3v) is 4.09. The molecule has 3 rings (SSSR count). The van der Waals surface area contributed by atoms with Crippen molar-refractivity contribution in [1.82, 2.24) is 21.2 Å². The van der Waals surface area contributed by atoms with E-state index in [0.29, 0.717) is 24.6 Å². The molecule has 1 fully saturated rings. The van der Waals surface area contributed by atoms with E-state index in [-0.39, 0.29) is 12.5 Å². The molecule has 2 aromatic rings. The van der Waals surface area contributed by atoms with E-state index in [0.717, 1.165) is 11.3 Å². The molecule has 3 N–H and O–H groups in total. The van der Waals surface area contributed by atoms with Gasteiger partial charge in [-0.3, -0.25) is 10.2 Å². The SMILES string of the molecule is O=C(NCc1coc(-c2cccs2)n1)NNC(=O)[C@H]1CCCO1. The van der Waals surface area contributed by atoms with E-state index in [4.69, 9.17) is 9.15 Å². The Labute approximate surface area is 136 Å². The molecular formula is C14H16N4O4S. The van der Waals surface area contributed by atoms with Crippen LogP contribution in [0.25, 0.3) is 10.8 Å². The molecule has 0 aliphatic carbocycles. The summed E-state index contributed by atoms with van der Waals surface area (Å²) in [5, 5.41) is 4.51. The Morgan fingerprint density at radius 2 is 2.30 bits per heavy atom. The van der Waals surface area contributed by atoms with Crippen molar-refractivity contribution in [2.24, 2.45) is 0 Å². The largest absolute Gasteiger partial charge is 0.443 e. The van der Waals surface area contributed by atoms with Gasteiger partial charge in [0.05, 0.1) is 17.1 Å². The van der Waals surface area contributed by atoms with E-state index in [1.807, 2.05) is 17.5 Å². The van der Waals surface area contributed by atoms with Gasteiger partial charge in [0.15, 0.2) is 0 Å². The van der Waals surface area contributed by atoms with Crippen molar-refractivity contribution in [3.63, 3.8) is 0 Å². The Balaban J connectivity index is 1.41. The summed E-state index contributed by atoms with van der Waals surface area (Å²) >= 11 is 1.52. The summed E-state index contributed by atoms with van der Waals surface area (Å²) in [6.45, 7) is 0.763. The number of nitrogens with zero attached hydrogens (tertiary/aromatic N) is 1. The van der Waals surface area contributed by atoms with Crippen LogP contribution in [-0.2, 0) is 16.1 Å². The first kappa shape index (κ1) is 15.5. The van der Waals surface area contributed by atoms with E-state index in [1.165, 1.54) is 17.6 Å². The second kappa shape index (κ2) is 7.25. The van der Waals surface area contributed by atoms with Crippen LogP contribution in [0.5, 0.6) is 0 Å². The number of thiophene rings is 1. The number of oxazole rings is 1. The van der Waals surface area contributed by atoms with Gasteiger partial charge in [-0.25, -0.2) is 15.2 Å². The van der Waals surface area contributed by atoms with Crippen LogP contribution >= 0.6 is 11.3 Å². The first-order valence-electron chi connectivity index (χ1n) is 7.16. The molecule has 0 spiro atoms. The molecule has 1 atom stereocenters. The zero-order valence-electron chi connectivity index (χ0n) is 12.2. The molecule has 0 saturated carbocycles. The van der Waals surface area contributed by atoms with Gasteiger partial charge in [-0.2, -0.15) is 0 Å². The lowest BCUT2D eigenvalue weighted by atomic mass is 10.2. The molecule has 0 aromatic carbocycles. The fourth-order valence-electron chi connectivity index (χ4n) is 2.10. The van der Waals surface area contributed by atoms with Crippen LogP contribution in [0.15, 0.2) is 28.2 Å². The highest BCUT2D eigenvalue weighted by Gasteiger charge is 2.23. The predicted octanol–water partition coefficient (Wildman–Crippen LogP) is 1.41. The minimum absolute atomic E-state index is 0.191. The van der Waals surface area contributed by atoms with Crippen molar-refractivity contribution in [3.8, 4) is 10.8 Å². The molecule has 0 unspecified atom stereocenters. The average molecular weight is 336 g/mol.